The lowest BCUT2D eigenvalue weighted by molar-refractivity contribution is -0.133. The molecule has 3 N–H and O–H groups in total. The van der Waals surface area contributed by atoms with Crippen LogP contribution in [0.5, 0.6) is 5.75 Å². The Hall–Kier alpha value is -2.71. The van der Waals surface area contributed by atoms with Crippen molar-refractivity contribution in [3.8, 4) is 5.75 Å². The lowest BCUT2D eigenvalue weighted by Crippen LogP contribution is -2.14. The number of hydrogen-bond donors (Lipinski definition) is 3. The number of phenolic OH excluding ortho intramolecular Hbond substituents is 1. The molecule has 0 saturated heterocycles. The zero-order valence-electron chi connectivity index (χ0n) is 17.5. The van der Waals surface area contributed by atoms with Gasteiger partial charge in [-0.25, -0.2) is 8.42 Å². The number of aromatic hydroxyl groups is 1. The Morgan fingerprint density at radius 2 is 1.66 bits per heavy atom. The molecule has 0 heterocycles. The monoisotopic (exact) mass is 471 g/mol. The largest absolute Gasteiger partial charge is 0.506 e. The van der Waals surface area contributed by atoms with Gasteiger partial charge < -0.3 is 10.2 Å². The highest BCUT2D eigenvalue weighted by Crippen LogP contribution is 2.40. The minimum atomic E-state index is -3.87. The van der Waals surface area contributed by atoms with Crippen molar-refractivity contribution in [1.29, 1.82) is 0 Å². The van der Waals surface area contributed by atoms with Crippen LogP contribution in [0.4, 0.5) is 5.69 Å². The molecule has 1 aliphatic carbocycles. The van der Waals surface area contributed by atoms with Crippen molar-refractivity contribution in [2.24, 2.45) is 0 Å². The van der Waals surface area contributed by atoms with Gasteiger partial charge >= 0.3 is 5.97 Å². The molecule has 3 aromatic carbocycles. The van der Waals surface area contributed by atoms with Crippen molar-refractivity contribution < 1.29 is 23.4 Å². The summed E-state index contributed by atoms with van der Waals surface area (Å²) in [4.78, 5) is 11.4. The zero-order valence-corrected chi connectivity index (χ0v) is 19.1. The number of thioether (sulfide) groups is 1. The lowest BCUT2D eigenvalue weighted by Gasteiger charge is -2.22. The van der Waals surface area contributed by atoms with Crippen LogP contribution >= 0.6 is 11.8 Å². The van der Waals surface area contributed by atoms with E-state index in [1.165, 1.54) is 30.9 Å². The molecule has 0 aliphatic heterocycles. The first-order chi connectivity index (χ1) is 15.3. The van der Waals surface area contributed by atoms with Crippen molar-refractivity contribution in [2.75, 3.05) is 10.5 Å². The number of sulfonamides is 1. The van der Waals surface area contributed by atoms with E-state index in [4.69, 9.17) is 5.11 Å². The summed E-state index contributed by atoms with van der Waals surface area (Å²) in [6, 6.07) is 15.4. The van der Waals surface area contributed by atoms with E-state index in [0.717, 1.165) is 24.6 Å². The number of carbonyl (C=O) groups is 1. The van der Waals surface area contributed by atoms with Crippen molar-refractivity contribution in [2.45, 2.75) is 47.8 Å². The molecule has 168 valence electrons. The Morgan fingerprint density at radius 3 is 2.31 bits per heavy atom. The number of aliphatic carboxylic acids is 1. The fourth-order valence-corrected chi connectivity index (χ4v) is 6.02. The second kappa shape index (κ2) is 9.42. The standard InChI is InChI=1S/C24H25NO5S2/c26-23(27)15-31-22-14-21(19-8-4-5-9-20(19)24(22)28)25-32(29,30)18-12-10-17(11-13-18)16-6-2-1-3-7-16/h4-5,8-14,16,25,28H,1-3,6-7,15H2,(H,26,27). The molecule has 1 fully saturated rings. The van der Waals surface area contributed by atoms with E-state index < -0.39 is 16.0 Å². The highest BCUT2D eigenvalue weighted by molar-refractivity contribution is 8.00. The van der Waals surface area contributed by atoms with Gasteiger partial charge in [0.05, 0.1) is 21.2 Å². The Bertz CT molecular complexity index is 1230. The first kappa shape index (κ1) is 22.5. The van der Waals surface area contributed by atoms with Crippen molar-refractivity contribution in [3.63, 3.8) is 0 Å². The quantitative estimate of drug-likeness (QED) is 0.307. The topological polar surface area (TPSA) is 104 Å². The molecule has 0 aromatic heterocycles. The van der Waals surface area contributed by atoms with Gasteiger partial charge in [0.15, 0.2) is 0 Å². The first-order valence-corrected chi connectivity index (χ1v) is 13.0. The maximum absolute atomic E-state index is 13.1. The van der Waals surface area contributed by atoms with Crippen LogP contribution < -0.4 is 4.72 Å². The van der Waals surface area contributed by atoms with Crippen LogP contribution in [0.2, 0.25) is 0 Å². The molecule has 0 atom stereocenters. The minimum Gasteiger partial charge on any atom is -0.506 e. The third-order valence-corrected chi connectivity index (χ3v) is 8.24. The van der Waals surface area contributed by atoms with Crippen LogP contribution in [-0.4, -0.2) is 30.4 Å². The fourth-order valence-electron chi connectivity index (χ4n) is 4.23. The van der Waals surface area contributed by atoms with E-state index in [1.54, 1.807) is 36.4 Å². The predicted molar refractivity (Wildman–Crippen MR) is 127 cm³/mol. The van der Waals surface area contributed by atoms with Crippen molar-refractivity contribution in [3.05, 3.63) is 60.2 Å². The van der Waals surface area contributed by atoms with E-state index in [-0.39, 0.29) is 16.4 Å². The van der Waals surface area contributed by atoms with Crippen LogP contribution in [0.15, 0.2) is 64.4 Å². The molecule has 3 aromatic rings. The maximum atomic E-state index is 13.1. The molecule has 0 bridgehead atoms. The molecule has 1 aliphatic rings. The Kier molecular flexibility index (Phi) is 6.62. The molecular weight excluding hydrogens is 446 g/mol. The normalized spacial score (nSPS) is 15.0. The molecule has 4 rings (SSSR count). The highest BCUT2D eigenvalue weighted by atomic mass is 32.2. The Balaban J connectivity index is 1.65. The average molecular weight is 472 g/mol. The van der Waals surface area contributed by atoms with Gasteiger partial charge in [-0.1, -0.05) is 55.7 Å². The van der Waals surface area contributed by atoms with Crippen LogP contribution in [0.25, 0.3) is 10.8 Å². The summed E-state index contributed by atoms with van der Waals surface area (Å²) in [5.74, 6) is -0.849. The highest BCUT2D eigenvalue weighted by Gasteiger charge is 2.20. The molecule has 0 radical (unpaired) electrons. The number of rotatable bonds is 7. The van der Waals surface area contributed by atoms with Gasteiger partial charge in [-0.2, -0.15) is 0 Å². The van der Waals surface area contributed by atoms with E-state index in [2.05, 4.69) is 4.72 Å². The van der Waals surface area contributed by atoms with Crippen LogP contribution in [-0.2, 0) is 14.8 Å². The molecule has 1 saturated carbocycles. The van der Waals surface area contributed by atoms with Crippen LogP contribution in [0, 0.1) is 0 Å². The summed E-state index contributed by atoms with van der Waals surface area (Å²) >= 11 is 0.939. The van der Waals surface area contributed by atoms with E-state index >= 15 is 0 Å². The number of anilines is 1. The maximum Gasteiger partial charge on any atom is 0.313 e. The van der Waals surface area contributed by atoms with E-state index in [0.29, 0.717) is 27.3 Å². The SMILES string of the molecule is O=C(O)CSc1cc(NS(=O)(=O)c2ccc(C3CCCCC3)cc2)c2ccccc2c1O. The fraction of sp³-hybridized carbons (Fsp3) is 0.292. The molecule has 0 amide bonds. The number of benzene rings is 3. The molecule has 0 unspecified atom stereocenters. The summed E-state index contributed by atoms with van der Waals surface area (Å²) < 4.78 is 28.9. The van der Waals surface area contributed by atoms with E-state index in [1.807, 2.05) is 12.1 Å². The van der Waals surface area contributed by atoms with Crippen molar-refractivity contribution in [1.82, 2.24) is 0 Å². The summed E-state index contributed by atoms with van der Waals surface area (Å²) in [7, 11) is -3.87. The van der Waals surface area contributed by atoms with Gasteiger partial charge in [0.1, 0.15) is 5.75 Å². The number of nitrogens with one attached hydrogen (secondary N) is 1. The number of carboxylic acids is 1. The lowest BCUT2D eigenvalue weighted by atomic mass is 9.84. The third kappa shape index (κ3) is 4.86. The smallest absolute Gasteiger partial charge is 0.313 e. The molecule has 32 heavy (non-hydrogen) atoms. The molecule has 0 spiro atoms. The zero-order chi connectivity index (χ0) is 22.7. The van der Waals surface area contributed by atoms with E-state index in [9.17, 15) is 18.3 Å². The van der Waals surface area contributed by atoms with Crippen molar-refractivity contribution >= 4 is 44.2 Å². The van der Waals surface area contributed by atoms with Crippen LogP contribution in [0.3, 0.4) is 0 Å². The van der Waals surface area contributed by atoms with Gasteiger partial charge in [0.25, 0.3) is 10.0 Å². The van der Waals surface area contributed by atoms with Gasteiger partial charge in [-0.15, -0.1) is 11.8 Å². The second-order valence-electron chi connectivity index (χ2n) is 8.01. The molecule has 6 nitrogen and oxygen atoms in total. The number of carboxylic acid groups (broad SMARTS) is 1. The number of fused-ring (bicyclic) bond motifs is 1. The molecular formula is C24H25NO5S2. The molecule has 8 heteroatoms. The average Bonchev–Trinajstić information content (AvgIpc) is 2.80. The number of phenols is 1. The number of hydrogen-bond acceptors (Lipinski definition) is 5. The summed E-state index contributed by atoms with van der Waals surface area (Å²) in [6.45, 7) is 0. The predicted octanol–water partition coefficient (Wildman–Crippen LogP) is 5.57. The van der Waals surface area contributed by atoms with Gasteiger partial charge in [0.2, 0.25) is 0 Å². The van der Waals surface area contributed by atoms with Gasteiger partial charge in [-0.05, 0) is 42.5 Å². The summed E-state index contributed by atoms with van der Waals surface area (Å²) in [6.07, 6.45) is 5.96. The summed E-state index contributed by atoms with van der Waals surface area (Å²) in [5, 5.41) is 20.5. The third-order valence-electron chi connectivity index (χ3n) is 5.84. The summed E-state index contributed by atoms with van der Waals surface area (Å²) in [5.41, 5.74) is 1.47. The van der Waals surface area contributed by atoms with Gasteiger partial charge in [0, 0.05) is 10.8 Å². The first-order valence-electron chi connectivity index (χ1n) is 10.6. The van der Waals surface area contributed by atoms with Gasteiger partial charge in [-0.3, -0.25) is 9.52 Å². The Morgan fingerprint density at radius 1 is 1.00 bits per heavy atom. The van der Waals surface area contributed by atoms with Crippen LogP contribution in [0.1, 0.15) is 43.6 Å². The Labute approximate surface area is 191 Å². The minimum absolute atomic E-state index is 0.0633. The second-order valence-corrected chi connectivity index (χ2v) is 10.7.